The fourth-order valence-electron chi connectivity index (χ4n) is 1.80. The quantitative estimate of drug-likeness (QED) is 0.828. The lowest BCUT2D eigenvalue weighted by molar-refractivity contribution is 0.692. The van der Waals surface area contributed by atoms with Crippen LogP contribution in [0.15, 0.2) is 11.0 Å². The lowest BCUT2D eigenvalue weighted by Crippen LogP contribution is -2.13. The maximum absolute atomic E-state index is 11.2. The fourth-order valence-corrected chi connectivity index (χ4v) is 1.94. The zero-order valence-electron chi connectivity index (χ0n) is 8.59. The van der Waals surface area contributed by atoms with Crippen molar-refractivity contribution in [2.24, 2.45) is 5.92 Å². The lowest BCUT2D eigenvalue weighted by atomic mass is 10.2. The summed E-state index contributed by atoms with van der Waals surface area (Å²) in [5.74, 6) is 0.727. The maximum atomic E-state index is 11.2. The Morgan fingerprint density at radius 2 is 2.53 bits per heavy atom. The third kappa shape index (κ3) is 2.31. The van der Waals surface area contributed by atoms with Gasteiger partial charge in [0.15, 0.2) is 0 Å². The molecule has 5 heteroatoms. The standard InChI is InChI=1S/C10H14ClN3O/c1-2-3-6-4-7(6)13-8-5-12-14-10(15)9(8)11/h5-7H,2-4H2,1H3,(H2,13,14,15)/t6-,7-/m1/s1. The zero-order chi connectivity index (χ0) is 10.8. The summed E-state index contributed by atoms with van der Waals surface area (Å²) in [4.78, 5) is 11.2. The van der Waals surface area contributed by atoms with Crippen molar-refractivity contribution in [3.63, 3.8) is 0 Å². The molecular weight excluding hydrogens is 214 g/mol. The lowest BCUT2D eigenvalue weighted by Gasteiger charge is -2.05. The van der Waals surface area contributed by atoms with Gasteiger partial charge in [0.1, 0.15) is 5.02 Å². The summed E-state index contributed by atoms with van der Waals surface area (Å²) in [6, 6.07) is 0.464. The highest BCUT2D eigenvalue weighted by Gasteiger charge is 2.36. The Labute approximate surface area is 93.0 Å². The van der Waals surface area contributed by atoms with Crippen LogP contribution in [0.1, 0.15) is 26.2 Å². The van der Waals surface area contributed by atoms with E-state index in [1.54, 1.807) is 6.20 Å². The van der Waals surface area contributed by atoms with Crippen molar-refractivity contribution >= 4 is 17.3 Å². The minimum absolute atomic E-state index is 0.201. The molecule has 0 saturated heterocycles. The van der Waals surface area contributed by atoms with Gasteiger partial charge in [-0.1, -0.05) is 24.9 Å². The fraction of sp³-hybridized carbons (Fsp3) is 0.600. The van der Waals surface area contributed by atoms with Crippen molar-refractivity contribution in [3.05, 3.63) is 21.6 Å². The number of rotatable bonds is 4. The van der Waals surface area contributed by atoms with Gasteiger partial charge in [0, 0.05) is 6.04 Å². The number of nitrogens with one attached hydrogen (secondary N) is 2. The Morgan fingerprint density at radius 1 is 1.73 bits per heavy atom. The Kier molecular flexibility index (Phi) is 2.95. The molecule has 0 radical (unpaired) electrons. The maximum Gasteiger partial charge on any atom is 0.285 e. The molecule has 0 aliphatic heterocycles. The van der Waals surface area contributed by atoms with Crippen molar-refractivity contribution in [1.82, 2.24) is 10.2 Å². The van der Waals surface area contributed by atoms with Gasteiger partial charge in [0.2, 0.25) is 0 Å². The number of halogens is 1. The number of hydrogen-bond donors (Lipinski definition) is 2. The SMILES string of the molecule is CCC[C@@H]1C[C@H]1Nc1cn[nH]c(=O)c1Cl. The van der Waals surface area contributed by atoms with E-state index in [0.717, 1.165) is 12.3 Å². The van der Waals surface area contributed by atoms with Crippen LogP contribution in [0.2, 0.25) is 5.02 Å². The highest BCUT2D eigenvalue weighted by molar-refractivity contribution is 6.32. The Morgan fingerprint density at radius 3 is 3.27 bits per heavy atom. The number of aromatic amines is 1. The molecule has 1 heterocycles. The minimum atomic E-state index is -0.339. The van der Waals surface area contributed by atoms with E-state index < -0.39 is 0 Å². The van der Waals surface area contributed by atoms with Crippen LogP contribution < -0.4 is 10.9 Å². The van der Waals surface area contributed by atoms with Crippen molar-refractivity contribution < 1.29 is 0 Å². The first kappa shape index (κ1) is 10.5. The van der Waals surface area contributed by atoms with Crippen molar-refractivity contribution in [2.45, 2.75) is 32.2 Å². The second-order valence-corrected chi connectivity index (χ2v) is 4.34. The van der Waals surface area contributed by atoms with Gasteiger partial charge in [0.05, 0.1) is 11.9 Å². The van der Waals surface area contributed by atoms with E-state index in [2.05, 4.69) is 22.4 Å². The van der Waals surface area contributed by atoms with Gasteiger partial charge in [0.25, 0.3) is 5.56 Å². The number of H-pyrrole nitrogens is 1. The molecule has 82 valence electrons. The summed E-state index contributed by atoms with van der Waals surface area (Å²) >= 11 is 5.84. The zero-order valence-corrected chi connectivity index (χ0v) is 9.34. The van der Waals surface area contributed by atoms with E-state index in [-0.39, 0.29) is 10.6 Å². The van der Waals surface area contributed by atoms with Crippen LogP contribution in [0.5, 0.6) is 0 Å². The second-order valence-electron chi connectivity index (χ2n) is 3.96. The molecule has 1 aliphatic carbocycles. The molecule has 1 aromatic heterocycles. The molecule has 2 rings (SSSR count). The van der Waals surface area contributed by atoms with Crippen LogP contribution in [0.4, 0.5) is 5.69 Å². The van der Waals surface area contributed by atoms with Crippen LogP contribution in [0.25, 0.3) is 0 Å². The monoisotopic (exact) mass is 227 g/mol. The molecule has 0 bridgehead atoms. The first-order valence-corrected chi connectivity index (χ1v) is 5.60. The van der Waals surface area contributed by atoms with Gasteiger partial charge < -0.3 is 5.32 Å². The third-order valence-corrected chi connectivity index (χ3v) is 3.09. The molecule has 15 heavy (non-hydrogen) atoms. The first-order valence-electron chi connectivity index (χ1n) is 5.22. The number of anilines is 1. The normalized spacial score (nSPS) is 23.9. The van der Waals surface area contributed by atoms with E-state index in [1.165, 1.54) is 12.8 Å². The van der Waals surface area contributed by atoms with Crippen LogP contribution in [-0.4, -0.2) is 16.2 Å². The van der Waals surface area contributed by atoms with Gasteiger partial charge in [-0.15, -0.1) is 0 Å². The van der Waals surface area contributed by atoms with E-state index in [0.29, 0.717) is 11.7 Å². The number of hydrogen-bond acceptors (Lipinski definition) is 3. The van der Waals surface area contributed by atoms with Gasteiger partial charge in [-0.05, 0) is 18.8 Å². The highest BCUT2D eigenvalue weighted by Crippen LogP contribution is 2.37. The summed E-state index contributed by atoms with van der Waals surface area (Å²) in [7, 11) is 0. The van der Waals surface area contributed by atoms with E-state index in [4.69, 9.17) is 11.6 Å². The van der Waals surface area contributed by atoms with Crippen LogP contribution in [-0.2, 0) is 0 Å². The average Bonchev–Trinajstić information content (AvgIpc) is 2.93. The van der Waals surface area contributed by atoms with E-state index >= 15 is 0 Å². The van der Waals surface area contributed by atoms with Gasteiger partial charge in [-0.25, -0.2) is 5.10 Å². The molecule has 0 unspecified atom stereocenters. The Hall–Kier alpha value is -1.03. The predicted octanol–water partition coefficient (Wildman–Crippen LogP) is 2.02. The smallest absolute Gasteiger partial charge is 0.285 e. The van der Waals surface area contributed by atoms with Gasteiger partial charge in [-0.3, -0.25) is 4.79 Å². The second kappa shape index (κ2) is 4.23. The number of nitrogens with zero attached hydrogens (tertiary/aromatic N) is 1. The third-order valence-electron chi connectivity index (χ3n) is 2.72. The first-order chi connectivity index (χ1) is 7.22. The molecule has 4 nitrogen and oxygen atoms in total. The predicted molar refractivity (Wildman–Crippen MR) is 60.3 cm³/mol. The summed E-state index contributed by atoms with van der Waals surface area (Å²) in [6.45, 7) is 2.18. The van der Waals surface area contributed by atoms with Gasteiger partial charge >= 0.3 is 0 Å². The summed E-state index contributed by atoms with van der Waals surface area (Å²) in [6.07, 6.45) is 5.15. The summed E-state index contributed by atoms with van der Waals surface area (Å²) < 4.78 is 0. The molecule has 1 aliphatic rings. The topological polar surface area (TPSA) is 57.8 Å². The van der Waals surface area contributed by atoms with Crippen molar-refractivity contribution in [3.8, 4) is 0 Å². The van der Waals surface area contributed by atoms with E-state index in [9.17, 15) is 4.79 Å². The summed E-state index contributed by atoms with van der Waals surface area (Å²) in [5.41, 5.74) is 0.304. The largest absolute Gasteiger partial charge is 0.379 e. The number of aromatic nitrogens is 2. The molecule has 0 amide bonds. The molecule has 2 N–H and O–H groups in total. The van der Waals surface area contributed by atoms with Crippen LogP contribution in [0.3, 0.4) is 0 Å². The Bertz CT molecular complexity index is 404. The molecule has 1 fully saturated rings. The summed E-state index contributed by atoms with van der Waals surface area (Å²) in [5, 5.41) is 9.45. The van der Waals surface area contributed by atoms with Crippen LogP contribution in [0, 0.1) is 5.92 Å². The van der Waals surface area contributed by atoms with Gasteiger partial charge in [-0.2, -0.15) is 5.10 Å². The molecule has 0 aromatic carbocycles. The molecule has 2 atom stereocenters. The minimum Gasteiger partial charge on any atom is -0.379 e. The molecule has 1 aromatic rings. The van der Waals surface area contributed by atoms with Crippen molar-refractivity contribution in [1.29, 1.82) is 0 Å². The highest BCUT2D eigenvalue weighted by atomic mass is 35.5. The molecule has 1 saturated carbocycles. The van der Waals surface area contributed by atoms with Crippen LogP contribution >= 0.6 is 11.6 Å². The van der Waals surface area contributed by atoms with Crippen molar-refractivity contribution in [2.75, 3.05) is 5.32 Å². The van der Waals surface area contributed by atoms with E-state index in [1.807, 2.05) is 0 Å². The molecule has 0 spiro atoms. The average molecular weight is 228 g/mol. The molecular formula is C10H14ClN3O. The Balaban J connectivity index is 2.01.